The molecule has 1 N–H and O–H groups in total. The summed E-state index contributed by atoms with van der Waals surface area (Å²) in [5.74, 6) is 1.46. The molecule has 1 aromatic heterocycles. The molecule has 4 aromatic rings. The van der Waals surface area contributed by atoms with Gasteiger partial charge < -0.3 is 24.1 Å². The SMILES string of the molecule is COc1ccc(C(OC[C@H]2O[C@@H](n3ccc(Br)cc3=O)C[C@@H]2O)(c2ccccc2)c2ccc(OC)cc2)cc1. The molecular formula is C31H30BrNO6. The van der Waals surface area contributed by atoms with Crippen molar-refractivity contribution in [3.8, 4) is 11.5 Å². The summed E-state index contributed by atoms with van der Waals surface area (Å²) in [5, 5.41) is 10.9. The summed E-state index contributed by atoms with van der Waals surface area (Å²) in [6, 6.07) is 28.7. The molecule has 0 bridgehead atoms. The highest BCUT2D eigenvalue weighted by atomic mass is 79.9. The van der Waals surface area contributed by atoms with E-state index in [9.17, 15) is 9.90 Å². The smallest absolute Gasteiger partial charge is 0.253 e. The summed E-state index contributed by atoms with van der Waals surface area (Å²) in [5.41, 5.74) is 1.43. The summed E-state index contributed by atoms with van der Waals surface area (Å²) in [7, 11) is 3.26. The number of rotatable bonds is 9. The van der Waals surface area contributed by atoms with Crippen LogP contribution in [-0.4, -0.2) is 42.7 Å². The second-order valence-corrected chi connectivity index (χ2v) is 10.3. The summed E-state index contributed by atoms with van der Waals surface area (Å²) in [4.78, 5) is 12.5. The van der Waals surface area contributed by atoms with Crippen LogP contribution in [0.1, 0.15) is 29.3 Å². The molecule has 202 valence electrons. The summed E-state index contributed by atoms with van der Waals surface area (Å²) in [6.45, 7) is 0.0793. The molecule has 3 atom stereocenters. The maximum atomic E-state index is 12.5. The second-order valence-electron chi connectivity index (χ2n) is 9.34. The van der Waals surface area contributed by atoms with Gasteiger partial charge in [0.25, 0.3) is 5.56 Å². The van der Waals surface area contributed by atoms with E-state index >= 15 is 0 Å². The first kappa shape index (κ1) is 27.1. The Kier molecular flexibility index (Phi) is 8.18. The molecule has 7 nitrogen and oxygen atoms in total. The highest BCUT2D eigenvalue weighted by molar-refractivity contribution is 9.10. The Bertz CT molecular complexity index is 1390. The van der Waals surface area contributed by atoms with E-state index in [0.717, 1.165) is 28.2 Å². The lowest BCUT2D eigenvalue weighted by Crippen LogP contribution is -2.38. The number of aliphatic hydroxyl groups excluding tert-OH is 1. The average Bonchev–Trinajstić information content (AvgIpc) is 3.34. The van der Waals surface area contributed by atoms with E-state index in [2.05, 4.69) is 15.9 Å². The molecule has 0 saturated carbocycles. The number of halogens is 1. The molecule has 1 aliphatic heterocycles. The van der Waals surface area contributed by atoms with Crippen LogP contribution in [0.5, 0.6) is 11.5 Å². The maximum absolute atomic E-state index is 12.5. The van der Waals surface area contributed by atoms with Crippen molar-refractivity contribution in [1.82, 2.24) is 4.57 Å². The van der Waals surface area contributed by atoms with Gasteiger partial charge >= 0.3 is 0 Å². The Morgan fingerprint density at radius 2 is 1.46 bits per heavy atom. The third-order valence-electron chi connectivity index (χ3n) is 7.06. The van der Waals surface area contributed by atoms with Crippen LogP contribution in [0.2, 0.25) is 0 Å². The van der Waals surface area contributed by atoms with Gasteiger partial charge in [0.1, 0.15) is 29.4 Å². The molecule has 39 heavy (non-hydrogen) atoms. The monoisotopic (exact) mass is 591 g/mol. The van der Waals surface area contributed by atoms with E-state index in [1.54, 1.807) is 26.5 Å². The largest absolute Gasteiger partial charge is 0.497 e. The maximum Gasteiger partial charge on any atom is 0.253 e. The standard InChI is InChI=1S/C31H30BrNO6/c1-36-25-12-8-22(9-13-25)31(21-6-4-3-5-7-21,23-10-14-26(37-2)15-11-23)38-20-28-27(34)19-30(39-28)33-17-16-24(32)18-29(33)35/h3-18,27-28,30,34H,19-20H2,1-2H3/t27-,28+,30+/m0/s1. The Hall–Kier alpha value is -3.43. The van der Waals surface area contributed by atoms with Crippen molar-refractivity contribution in [1.29, 1.82) is 0 Å². The zero-order chi connectivity index (χ0) is 27.4. The predicted molar refractivity (Wildman–Crippen MR) is 151 cm³/mol. The quantitative estimate of drug-likeness (QED) is 0.267. The summed E-state index contributed by atoms with van der Waals surface area (Å²) < 4.78 is 26.0. The number of benzene rings is 3. The first-order valence-corrected chi connectivity index (χ1v) is 13.4. The number of ether oxygens (including phenoxy) is 4. The summed E-state index contributed by atoms with van der Waals surface area (Å²) >= 11 is 3.32. The number of methoxy groups -OCH3 is 2. The number of nitrogens with zero attached hydrogens (tertiary/aromatic N) is 1. The van der Waals surface area contributed by atoms with Crippen LogP contribution in [0.3, 0.4) is 0 Å². The van der Waals surface area contributed by atoms with Gasteiger partial charge in [-0.25, -0.2) is 0 Å². The minimum Gasteiger partial charge on any atom is -0.497 e. The highest BCUT2D eigenvalue weighted by Gasteiger charge is 2.42. The first-order chi connectivity index (χ1) is 18.9. The number of pyridine rings is 1. The molecule has 0 aliphatic carbocycles. The van der Waals surface area contributed by atoms with Crippen LogP contribution in [0.4, 0.5) is 0 Å². The van der Waals surface area contributed by atoms with Crippen molar-refractivity contribution >= 4 is 15.9 Å². The summed E-state index contributed by atoms with van der Waals surface area (Å²) in [6.07, 6.45) is -0.118. The van der Waals surface area contributed by atoms with Crippen molar-refractivity contribution < 1.29 is 24.1 Å². The minimum absolute atomic E-state index is 0.0793. The van der Waals surface area contributed by atoms with Gasteiger partial charge in [0.2, 0.25) is 0 Å². The number of aliphatic hydroxyl groups is 1. The Morgan fingerprint density at radius 1 is 0.897 bits per heavy atom. The van der Waals surface area contributed by atoms with Crippen LogP contribution < -0.4 is 15.0 Å². The van der Waals surface area contributed by atoms with Crippen LogP contribution in [0, 0.1) is 0 Å². The second kappa shape index (κ2) is 11.8. The van der Waals surface area contributed by atoms with Gasteiger partial charge in [0.15, 0.2) is 0 Å². The Morgan fingerprint density at radius 3 is 2.00 bits per heavy atom. The predicted octanol–water partition coefficient (Wildman–Crippen LogP) is 5.29. The lowest BCUT2D eigenvalue weighted by atomic mass is 9.80. The van der Waals surface area contributed by atoms with E-state index < -0.39 is 24.0 Å². The van der Waals surface area contributed by atoms with Crippen molar-refractivity contribution in [2.75, 3.05) is 20.8 Å². The normalized spacial score (nSPS) is 19.1. The van der Waals surface area contributed by atoms with Crippen LogP contribution in [0.15, 0.2) is 106 Å². The fourth-order valence-electron chi connectivity index (χ4n) is 5.02. The van der Waals surface area contributed by atoms with Crippen molar-refractivity contribution in [2.45, 2.75) is 30.5 Å². The molecular weight excluding hydrogens is 562 g/mol. The number of hydrogen-bond donors (Lipinski definition) is 1. The van der Waals surface area contributed by atoms with Gasteiger partial charge in [-0.2, -0.15) is 0 Å². The lowest BCUT2D eigenvalue weighted by molar-refractivity contribution is -0.0942. The molecule has 0 unspecified atom stereocenters. The molecule has 1 aliphatic rings. The highest BCUT2D eigenvalue weighted by Crippen LogP contribution is 2.42. The van der Waals surface area contributed by atoms with E-state index in [4.69, 9.17) is 18.9 Å². The third-order valence-corrected chi connectivity index (χ3v) is 7.56. The van der Waals surface area contributed by atoms with Gasteiger partial charge in [-0.05, 0) is 47.0 Å². The van der Waals surface area contributed by atoms with Gasteiger partial charge in [-0.15, -0.1) is 0 Å². The third kappa shape index (κ3) is 5.51. The average molecular weight is 592 g/mol. The molecule has 1 fully saturated rings. The molecule has 8 heteroatoms. The van der Waals surface area contributed by atoms with Crippen molar-refractivity contribution in [3.05, 3.63) is 129 Å². The zero-order valence-corrected chi connectivity index (χ0v) is 23.3. The fourth-order valence-corrected chi connectivity index (χ4v) is 5.33. The van der Waals surface area contributed by atoms with Crippen molar-refractivity contribution in [3.63, 3.8) is 0 Å². The molecule has 2 heterocycles. The lowest BCUT2D eigenvalue weighted by Gasteiger charge is -2.37. The first-order valence-electron chi connectivity index (χ1n) is 12.6. The Balaban J connectivity index is 1.53. The van der Waals surface area contributed by atoms with Crippen LogP contribution in [0.25, 0.3) is 0 Å². The Labute approximate surface area is 235 Å². The van der Waals surface area contributed by atoms with E-state index in [-0.39, 0.29) is 18.6 Å². The van der Waals surface area contributed by atoms with Crippen LogP contribution in [-0.2, 0) is 15.1 Å². The zero-order valence-electron chi connectivity index (χ0n) is 21.7. The van der Waals surface area contributed by atoms with Gasteiger partial charge in [-0.1, -0.05) is 70.5 Å². The van der Waals surface area contributed by atoms with Gasteiger partial charge in [0.05, 0.1) is 26.9 Å². The number of aromatic nitrogens is 1. The van der Waals surface area contributed by atoms with Gasteiger partial charge in [0, 0.05) is 23.2 Å². The molecule has 5 rings (SSSR count). The van der Waals surface area contributed by atoms with Crippen LogP contribution >= 0.6 is 15.9 Å². The fraction of sp³-hybridized carbons (Fsp3) is 0.258. The van der Waals surface area contributed by atoms with Gasteiger partial charge in [-0.3, -0.25) is 9.36 Å². The topological polar surface area (TPSA) is 79.2 Å². The van der Waals surface area contributed by atoms with E-state index in [1.807, 2.05) is 78.9 Å². The van der Waals surface area contributed by atoms with E-state index in [0.29, 0.717) is 4.47 Å². The molecule has 3 aromatic carbocycles. The number of hydrogen-bond acceptors (Lipinski definition) is 6. The molecule has 0 radical (unpaired) electrons. The molecule has 0 spiro atoms. The molecule has 1 saturated heterocycles. The molecule has 0 amide bonds. The van der Waals surface area contributed by atoms with E-state index in [1.165, 1.54) is 10.6 Å². The van der Waals surface area contributed by atoms with Crippen molar-refractivity contribution in [2.24, 2.45) is 0 Å². The minimum atomic E-state index is -1.03.